The molecule has 4 aromatic rings. The Morgan fingerprint density at radius 2 is 1.71 bits per heavy atom. The number of benzene rings is 3. The number of hydrogen-bond acceptors (Lipinski definition) is 7. The number of nitrogen functional groups attached to an aromatic ring is 1. The fourth-order valence-corrected chi connectivity index (χ4v) is 3.92. The molecule has 0 aliphatic rings. The van der Waals surface area contributed by atoms with Crippen LogP contribution in [0.4, 0.5) is 5.69 Å². The van der Waals surface area contributed by atoms with Gasteiger partial charge in [-0.25, -0.2) is 4.79 Å². The van der Waals surface area contributed by atoms with E-state index in [2.05, 4.69) is 0 Å². The highest BCUT2D eigenvalue weighted by Crippen LogP contribution is 2.34. The molecule has 0 bridgehead atoms. The Bertz CT molecular complexity index is 1450. The van der Waals surface area contributed by atoms with Gasteiger partial charge in [0.15, 0.2) is 5.78 Å². The number of hydrogen-bond donors (Lipinski definition) is 1. The summed E-state index contributed by atoms with van der Waals surface area (Å²) in [6.07, 6.45) is -0.117. The maximum absolute atomic E-state index is 13.2. The quantitative estimate of drug-likeness (QED) is 0.241. The van der Waals surface area contributed by atoms with Gasteiger partial charge in [0, 0.05) is 34.1 Å². The molecule has 0 aliphatic carbocycles. The van der Waals surface area contributed by atoms with Crippen molar-refractivity contribution in [3.8, 4) is 28.4 Å². The summed E-state index contributed by atoms with van der Waals surface area (Å²) in [5, 5.41) is 0.637. The predicted molar refractivity (Wildman–Crippen MR) is 131 cm³/mol. The standard InChI is InChI=1S/C27H25NO6/c1-15-25(28)24(33-4)14-18-10-19(27(30)34-26(15)18)13-22(29)17-8-9-23(32-3)21(12-17)16-6-5-7-20(11-16)31-2/h5-12,14H,13,28H2,1-4H3. The van der Waals surface area contributed by atoms with Gasteiger partial charge in [-0.1, -0.05) is 12.1 Å². The van der Waals surface area contributed by atoms with Gasteiger partial charge < -0.3 is 24.4 Å². The van der Waals surface area contributed by atoms with Crippen LogP contribution in [-0.2, 0) is 6.42 Å². The minimum Gasteiger partial charge on any atom is -0.497 e. The zero-order valence-electron chi connectivity index (χ0n) is 19.4. The van der Waals surface area contributed by atoms with E-state index < -0.39 is 5.63 Å². The number of ketones is 1. The first-order valence-corrected chi connectivity index (χ1v) is 10.6. The van der Waals surface area contributed by atoms with Crippen LogP contribution in [0.3, 0.4) is 0 Å². The van der Waals surface area contributed by atoms with Crippen LogP contribution < -0.4 is 25.6 Å². The molecule has 1 aromatic heterocycles. The molecule has 3 aromatic carbocycles. The molecule has 7 heteroatoms. The smallest absolute Gasteiger partial charge is 0.339 e. The molecule has 0 saturated carbocycles. The van der Waals surface area contributed by atoms with Crippen LogP contribution in [0.1, 0.15) is 21.5 Å². The summed E-state index contributed by atoms with van der Waals surface area (Å²) in [7, 11) is 4.69. The van der Waals surface area contributed by atoms with E-state index in [-0.39, 0.29) is 17.8 Å². The van der Waals surface area contributed by atoms with Crippen LogP contribution in [0.5, 0.6) is 17.2 Å². The number of ether oxygens (including phenoxy) is 3. The lowest BCUT2D eigenvalue weighted by molar-refractivity contribution is 0.0992. The zero-order valence-corrected chi connectivity index (χ0v) is 19.4. The number of Topliss-reactive ketones (excluding diaryl/α,β-unsaturated/α-hetero) is 1. The van der Waals surface area contributed by atoms with Gasteiger partial charge in [-0.15, -0.1) is 0 Å². The van der Waals surface area contributed by atoms with Crippen LogP contribution in [0, 0.1) is 6.92 Å². The van der Waals surface area contributed by atoms with Gasteiger partial charge in [0.1, 0.15) is 22.8 Å². The molecule has 0 saturated heterocycles. The highest BCUT2D eigenvalue weighted by molar-refractivity contribution is 5.99. The fraction of sp³-hybridized carbons (Fsp3) is 0.185. The minimum absolute atomic E-state index is 0.117. The number of carbonyl (C=O) groups is 1. The van der Waals surface area contributed by atoms with E-state index in [4.69, 9.17) is 24.4 Å². The molecule has 0 unspecified atom stereocenters. The first-order valence-electron chi connectivity index (χ1n) is 10.6. The van der Waals surface area contributed by atoms with Gasteiger partial charge in [-0.05, 0) is 55.0 Å². The van der Waals surface area contributed by atoms with Gasteiger partial charge in [-0.3, -0.25) is 4.79 Å². The Morgan fingerprint density at radius 1 is 0.941 bits per heavy atom. The number of nitrogens with two attached hydrogens (primary N) is 1. The lowest BCUT2D eigenvalue weighted by atomic mass is 9.97. The first-order chi connectivity index (χ1) is 16.4. The van der Waals surface area contributed by atoms with Crippen LogP contribution >= 0.6 is 0 Å². The zero-order chi connectivity index (χ0) is 24.4. The summed E-state index contributed by atoms with van der Waals surface area (Å²) in [5.74, 6) is 1.57. The molecule has 0 aliphatic heterocycles. The number of rotatable bonds is 7. The summed E-state index contributed by atoms with van der Waals surface area (Å²) >= 11 is 0. The Morgan fingerprint density at radius 3 is 2.41 bits per heavy atom. The van der Waals surface area contributed by atoms with Crippen LogP contribution in [-0.4, -0.2) is 27.1 Å². The number of anilines is 1. The highest BCUT2D eigenvalue weighted by Gasteiger charge is 2.17. The normalized spacial score (nSPS) is 10.8. The van der Waals surface area contributed by atoms with Crippen molar-refractivity contribution in [1.82, 2.24) is 0 Å². The van der Waals surface area contributed by atoms with E-state index in [9.17, 15) is 9.59 Å². The maximum atomic E-state index is 13.2. The number of aryl methyl sites for hydroxylation is 1. The summed E-state index contributed by atoms with van der Waals surface area (Å²) in [4.78, 5) is 25.8. The second kappa shape index (κ2) is 9.31. The van der Waals surface area contributed by atoms with E-state index in [0.29, 0.717) is 45.0 Å². The van der Waals surface area contributed by atoms with Gasteiger partial charge >= 0.3 is 5.63 Å². The molecule has 4 rings (SSSR count). The van der Waals surface area contributed by atoms with E-state index in [0.717, 1.165) is 11.1 Å². The molecule has 0 amide bonds. The van der Waals surface area contributed by atoms with Crippen LogP contribution in [0.25, 0.3) is 22.1 Å². The fourth-order valence-electron chi connectivity index (χ4n) is 3.92. The molecule has 0 fully saturated rings. The Labute approximate surface area is 196 Å². The van der Waals surface area contributed by atoms with Crippen molar-refractivity contribution in [3.05, 3.63) is 81.7 Å². The summed E-state index contributed by atoms with van der Waals surface area (Å²) < 4.78 is 21.6. The largest absolute Gasteiger partial charge is 0.497 e. The molecule has 0 spiro atoms. The van der Waals surface area contributed by atoms with Gasteiger partial charge in [-0.2, -0.15) is 0 Å². The SMILES string of the molecule is COc1cccc(-c2cc(C(=O)Cc3cc4cc(OC)c(N)c(C)c4oc3=O)ccc2OC)c1. The molecule has 7 nitrogen and oxygen atoms in total. The third kappa shape index (κ3) is 4.20. The predicted octanol–water partition coefficient (Wildman–Crippen LogP) is 4.80. The van der Waals surface area contributed by atoms with Crippen molar-refractivity contribution in [2.45, 2.75) is 13.3 Å². The third-order valence-electron chi connectivity index (χ3n) is 5.82. The van der Waals surface area contributed by atoms with Crippen molar-refractivity contribution >= 4 is 22.4 Å². The average molecular weight is 459 g/mol. The van der Waals surface area contributed by atoms with E-state index >= 15 is 0 Å². The summed E-state index contributed by atoms with van der Waals surface area (Å²) in [6.45, 7) is 1.76. The molecule has 0 radical (unpaired) electrons. The highest BCUT2D eigenvalue weighted by atomic mass is 16.5. The van der Waals surface area contributed by atoms with Crippen molar-refractivity contribution < 1.29 is 23.4 Å². The van der Waals surface area contributed by atoms with E-state index in [1.54, 1.807) is 51.5 Å². The van der Waals surface area contributed by atoms with E-state index in [1.807, 2.05) is 24.3 Å². The molecule has 174 valence electrons. The Hall–Kier alpha value is -4.26. The topological polar surface area (TPSA) is 101 Å². The molecule has 2 N–H and O–H groups in total. The number of carbonyl (C=O) groups excluding carboxylic acids is 1. The monoisotopic (exact) mass is 459 g/mol. The Balaban J connectivity index is 1.72. The molecular formula is C27H25NO6. The summed E-state index contributed by atoms with van der Waals surface area (Å²) in [5.41, 5.74) is 9.16. The van der Waals surface area contributed by atoms with Crippen molar-refractivity contribution in [1.29, 1.82) is 0 Å². The number of methoxy groups -OCH3 is 3. The molecule has 34 heavy (non-hydrogen) atoms. The average Bonchev–Trinajstić information content (AvgIpc) is 2.86. The van der Waals surface area contributed by atoms with Crippen molar-refractivity contribution in [3.63, 3.8) is 0 Å². The van der Waals surface area contributed by atoms with Gasteiger partial charge in [0.05, 0.1) is 27.0 Å². The van der Waals surface area contributed by atoms with Crippen LogP contribution in [0.2, 0.25) is 0 Å². The number of fused-ring (bicyclic) bond motifs is 1. The third-order valence-corrected chi connectivity index (χ3v) is 5.82. The lowest BCUT2D eigenvalue weighted by Gasteiger charge is -2.12. The van der Waals surface area contributed by atoms with Crippen molar-refractivity contribution in [2.24, 2.45) is 0 Å². The molecule has 0 atom stereocenters. The van der Waals surface area contributed by atoms with Gasteiger partial charge in [0.2, 0.25) is 0 Å². The maximum Gasteiger partial charge on any atom is 0.339 e. The molecule has 1 heterocycles. The Kier molecular flexibility index (Phi) is 6.27. The molecular weight excluding hydrogens is 434 g/mol. The van der Waals surface area contributed by atoms with E-state index in [1.165, 1.54) is 7.11 Å². The van der Waals surface area contributed by atoms with Crippen molar-refractivity contribution in [2.75, 3.05) is 27.1 Å². The second-order valence-corrected chi connectivity index (χ2v) is 7.84. The minimum atomic E-state index is -0.574. The van der Waals surface area contributed by atoms with Gasteiger partial charge in [0.25, 0.3) is 0 Å². The van der Waals surface area contributed by atoms with Crippen LogP contribution in [0.15, 0.2) is 63.8 Å². The second-order valence-electron chi connectivity index (χ2n) is 7.84. The summed E-state index contributed by atoms with van der Waals surface area (Å²) in [6, 6.07) is 16.0. The first kappa shape index (κ1) is 22.9. The lowest BCUT2D eigenvalue weighted by Crippen LogP contribution is -2.14.